The zero-order chi connectivity index (χ0) is 10.6. The van der Waals surface area contributed by atoms with E-state index in [1.807, 2.05) is 13.8 Å². The van der Waals surface area contributed by atoms with Gasteiger partial charge >= 0.3 is 5.97 Å². The number of rotatable bonds is 4. The van der Waals surface area contributed by atoms with Crippen molar-refractivity contribution in [1.29, 1.82) is 0 Å². The number of esters is 1. The molecule has 5 nitrogen and oxygen atoms in total. The molecule has 0 bridgehead atoms. The molecular weight excluding hydrogens is 182 g/mol. The van der Waals surface area contributed by atoms with Crippen molar-refractivity contribution in [2.24, 2.45) is 5.73 Å². The topological polar surface area (TPSA) is 70.1 Å². The number of aromatic nitrogens is 2. The van der Waals surface area contributed by atoms with Gasteiger partial charge in [0, 0.05) is 12.7 Å². The Bertz CT molecular complexity index is 307. The molecule has 0 saturated heterocycles. The van der Waals surface area contributed by atoms with Crippen LogP contribution in [0, 0.1) is 0 Å². The Labute approximate surface area is 82.9 Å². The summed E-state index contributed by atoms with van der Waals surface area (Å²) in [4.78, 5) is 15.2. The Hall–Kier alpha value is -1.36. The van der Waals surface area contributed by atoms with E-state index in [1.54, 1.807) is 17.1 Å². The molecule has 78 valence electrons. The van der Waals surface area contributed by atoms with Gasteiger partial charge in [0.15, 0.2) is 0 Å². The molecule has 0 saturated carbocycles. The second-order valence-electron chi connectivity index (χ2n) is 3.28. The van der Waals surface area contributed by atoms with Crippen molar-refractivity contribution in [2.75, 3.05) is 0 Å². The average molecular weight is 197 g/mol. The molecule has 0 aliphatic rings. The third-order valence-electron chi connectivity index (χ3n) is 1.57. The van der Waals surface area contributed by atoms with Crippen LogP contribution >= 0.6 is 0 Å². The van der Waals surface area contributed by atoms with Crippen molar-refractivity contribution in [2.45, 2.75) is 33.0 Å². The van der Waals surface area contributed by atoms with Gasteiger partial charge in [-0.1, -0.05) is 0 Å². The monoisotopic (exact) mass is 197 g/mol. The van der Waals surface area contributed by atoms with Crippen molar-refractivity contribution in [1.82, 2.24) is 9.55 Å². The molecule has 1 aromatic rings. The lowest BCUT2D eigenvalue weighted by molar-refractivity contribution is -0.148. The highest BCUT2D eigenvalue weighted by Crippen LogP contribution is 1.97. The van der Waals surface area contributed by atoms with Crippen molar-refractivity contribution in [3.05, 3.63) is 18.2 Å². The molecule has 0 amide bonds. The van der Waals surface area contributed by atoms with Crippen molar-refractivity contribution in [3.63, 3.8) is 0 Å². The molecule has 5 heteroatoms. The van der Waals surface area contributed by atoms with E-state index >= 15 is 0 Å². The van der Waals surface area contributed by atoms with Crippen molar-refractivity contribution >= 4 is 5.97 Å². The van der Waals surface area contributed by atoms with Crippen LogP contribution in [0.15, 0.2) is 12.5 Å². The van der Waals surface area contributed by atoms with Gasteiger partial charge < -0.3 is 15.0 Å². The second-order valence-corrected chi connectivity index (χ2v) is 3.28. The number of hydrogen-bond donors (Lipinski definition) is 1. The highest BCUT2D eigenvalue weighted by atomic mass is 16.5. The molecule has 0 aliphatic heterocycles. The van der Waals surface area contributed by atoms with Gasteiger partial charge in [-0.25, -0.2) is 4.98 Å². The van der Waals surface area contributed by atoms with Crippen LogP contribution in [0.3, 0.4) is 0 Å². The lowest BCUT2D eigenvalue weighted by Crippen LogP contribution is -2.16. The van der Waals surface area contributed by atoms with E-state index in [1.165, 1.54) is 0 Å². The molecule has 0 spiro atoms. The van der Waals surface area contributed by atoms with Gasteiger partial charge in [-0.15, -0.1) is 0 Å². The minimum Gasteiger partial charge on any atom is -0.462 e. The Morgan fingerprint density at radius 1 is 1.71 bits per heavy atom. The minimum atomic E-state index is -0.263. The molecule has 2 N–H and O–H groups in total. The van der Waals surface area contributed by atoms with Crippen LogP contribution in [0.25, 0.3) is 0 Å². The predicted molar refractivity (Wildman–Crippen MR) is 51.3 cm³/mol. The van der Waals surface area contributed by atoms with Gasteiger partial charge in [0.05, 0.1) is 18.1 Å². The number of ether oxygens (including phenoxy) is 1. The van der Waals surface area contributed by atoms with E-state index in [9.17, 15) is 4.79 Å². The minimum absolute atomic E-state index is 0.0833. The molecule has 0 aliphatic carbocycles. The molecule has 14 heavy (non-hydrogen) atoms. The van der Waals surface area contributed by atoms with Crippen LogP contribution in [-0.4, -0.2) is 21.6 Å². The highest BCUT2D eigenvalue weighted by Gasteiger charge is 2.06. The molecule has 0 fully saturated rings. The molecule has 1 aromatic heterocycles. The maximum Gasteiger partial charge on any atom is 0.326 e. The molecule has 0 radical (unpaired) electrons. The quantitative estimate of drug-likeness (QED) is 0.704. The maximum atomic E-state index is 11.2. The highest BCUT2D eigenvalue weighted by molar-refractivity contribution is 5.69. The number of nitrogens with two attached hydrogens (primary N) is 1. The van der Waals surface area contributed by atoms with Crippen LogP contribution in [0.4, 0.5) is 0 Å². The zero-order valence-electron chi connectivity index (χ0n) is 8.43. The summed E-state index contributed by atoms with van der Waals surface area (Å²) in [6.45, 7) is 4.20. The Balaban J connectivity index is 2.47. The summed E-state index contributed by atoms with van der Waals surface area (Å²) in [7, 11) is 0. The van der Waals surface area contributed by atoms with Gasteiger partial charge in [-0.2, -0.15) is 0 Å². The number of hydrogen-bond acceptors (Lipinski definition) is 4. The molecule has 0 unspecified atom stereocenters. The number of carbonyl (C=O) groups excluding carboxylic acids is 1. The lowest BCUT2D eigenvalue weighted by Gasteiger charge is -2.07. The zero-order valence-corrected chi connectivity index (χ0v) is 8.43. The average Bonchev–Trinajstić information content (AvgIpc) is 2.50. The lowest BCUT2D eigenvalue weighted by atomic mass is 10.5. The van der Waals surface area contributed by atoms with E-state index < -0.39 is 0 Å². The number of nitrogens with zero attached hydrogens (tertiary/aromatic N) is 2. The number of imidazole rings is 1. The van der Waals surface area contributed by atoms with E-state index in [0.717, 1.165) is 5.69 Å². The largest absolute Gasteiger partial charge is 0.462 e. The standard InChI is InChI=1S/C9H15N3O2/c1-7(2)14-9(13)5-12-4-8(3-10)11-6-12/h4,6-7H,3,5,10H2,1-2H3. The first-order valence-electron chi connectivity index (χ1n) is 4.52. The Morgan fingerprint density at radius 2 is 2.43 bits per heavy atom. The van der Waals surface area contributed by atoms with Crippen molar-refractivity contribution < 1.29 is 9.53 Å². The maximum absolute atomic E-state index is 11.2. The summed E-state index contributed by atoms with van der Waals surface area (Å²) in [6.07, 6.45) is 3.23. The fraction of sp³-hybridized carbons (Fsp3) is 0.556. The molecule has 1 rings (SSSR count). The summed E-state index contributed by atoms with van der Waals surface area (Å²) in [6, 6.07) is 0. The third kappa shape index (κ3) is 3.18. The smallest absolute Gasteiger partial charge is 0.326 e. The van der Waals surface area contributed by atoms with E-state index in [4.69, 9.17) is 10.5 Å². The van der Waals surface area contributed by atoms with E-state index in [-0.39, 0.29) is 18.6 Å². The normalized spacial score (nSPS) is 10.6. The Kier molecular flexibility index (Phi) is 3.64. The van der Waals surface area contributed by atoms with Crippen LogP contribution in [0.1, 0.15) is 19.5 Å². The summed E-state index contributed by atoms with van der Waals surface area (Å²) in [5.74, 6) is -0.263. The van der Waals surface area contributed by atoms with Gasteiger partial charge in [0.2, 0.25) is 0 Å². The SMILES string of the molecule is CC(C)OC(=O)Cn1cnc(CN)c1. The molecular formula is C9H15N3O2. The molecule has 0 atom stereocenters. The predicted octanol–water partition coefficient (Wildman–Crippen LogP) is 0.293. The fourth-order valence-electron chi connectivity index (χ4n) is 1.05. The summed E-state index contributed by atoms with van der Waals surface area (Å²) in [5, 5.41) is 0. The van der Waals surface area contributed by atoms with Gasteiger partial charge in [0.25, 0.3) is 0 Å². The van der Waals surface area contributed by atoms with Crippen LogP contribution in [0.2, 0.25) is 0 Å². The third-order valence-corrected chi connectivity index (χ3v) is 1.57. The van der Waals surface area contributed by atoms with E-state index in [0.29, 0.717) is 6.54 Å². The van der Waals surface area contributed by atoms with E-state index in [2.05, 4.69) is 4.98 Å². The summed E-state index contributed by atoms with van der Waals surface area (Å²) in [5.41, 5.74) is 6.15. The van der Waals surface area contributed by atoms with Crippen LogP contribution in [0.5, 0.6) is 0 Å². The van der Waals surface area contributed by atoms with Gasteiger partial charge in [0.1, 0.15) is 6.54 Å². The van der Waals surface area contributed by atoms with Crippen molar-refractivity contribution in [3.8, 4) is 0 Å². The number of carbonyl (C=O) groups is 1. The first-order chi connectivity index (χ1) is 6.61. The van der Waals surface area contributed by atoms with Crippen LogP contribution < -0.4 is 5.73 Å². The first kappa shape index (κ1) is 10.7. The first-order valence-corrected chi connectivity index (χ1v) is 4.52. The fourth-order valence-corrected chi connectivity index (χ4v) is 1.05. The summed E-state index contributed by atoms with van der Waals surface area (Å²) >= 11 is 0. The molecule has 1 heterocycles. The summed E-state index contributed by atoms with van der Waals surface area (Å²) < 4.78 is 6.64. The van der Waals surface area contributed by atoms with Gasteiger partial charge in [-0.3, -0.25) is 4.79 Å². The van der Waals surface area contributed by atoms with Gasteiger partial charge in [-0.05, 0) is 13.8 Å². The Morgan fingerprint density at radius 3 is 2.93 bits per heavy atom. The van der Waals surface area contributed by atoms with Crippen LogP contribution in [-0.2, 0) is 22.6 Å². The molecule has 0 aromatic carbocycles. The second kappa shape index (κ2) is 4.76.